The Kier molecular flexibility index (Phi) is 5.40. The zero-order valence-electron chi connectivity index (χ0n) is 12.2. The van der Waals surface area contributed by atoms with E-state index >= 15 is 0 Å². The second-order valence-corrected chi connectivity index (χ2v) is 5.86. The van der Waals surface area contributed by atoms with Crippen LogP contribution in [0.15, 0.2) is 6.20 Å². The van der Waals surface area contributed by atoms with Crippen molar-refractivity contribution in [3.63, 3.8) is 0 Å². The van der Waals surface area contributed by atoms with Crippen LogP contribution < -0.4 is 5.32 Å². The van der Waals surface area contributed by atoms with E-state index in [1.165, 1.54) is 37.7 Å². The lowest BCUT2D eigenvalue weighted by atomic mass is 9.82. The van der Waals surface area contributed by atoms with Gasteiger partial charge in [-0.05, 0) is 39.0 Å². The number of aliphatic hydroxyl groups excluding tert-OH is 1. The predicted molar refractivity (Wildman–Crippen MR) is 76.9 cm³/mol. The average molecular weight is 265 g/mol. The molecule has 1 aliphatic carbocycles. The Labute approximate surface area is 116 Å². The second-order valence-electron chi connectivity index (χ2n) is 5.86. The summed E-state index contributed by atoms with van der Waals surface area (Å²) in [5.41, 5.74) is 2.37. The third kappa shape index (κ3) is 3.80. The van der Waals surface area contributed by atoms with Crippen molar-refractivity contribution < 1.29 is 5.11 Å². The lowest BCUT2D eigenvalue weighted by Gasteiger charge is -2.33. The summed E-state index contributed by atoms with van der Waals surface area (Å²) in [7, 11) is 0. The maximum absolute atomic E-state index is 9.31. The van der Waals surface area contributed by atoms with Gasteiger partial charge in [-0.15, -0.1) is 0 Å². The molecule has 1 aliphatic rings. The molecule has 1 aromatic heterocycles. The van der Waals surface area contributed by atoms with Crippen LogP contribution in [0.5, 0.6) is 0 Å². The molecule has 2 unspecified atom stereocenters. The standard InChI is InChI=1S/C15H27N3O/c1-11(14-10-16-18-12(14)2)17-15(8-9-19)13-6-4-3-5-7-13/h10-11,13,15,17,19H,3-9H2,1-2H3,(H,16,18). The molecule has 1 heterocycles. The topological polar surface area (TPSA) is 60.9 Å². The molecular weight excluding hydrogens is 238 g/mol. The molecule has 0 amide bonds. The normalized spacial score (nSPS) is 20.4. The van der Waals surface area contributed by atoms with E-state index in [0.29, 0.717) is 6.04 Å². The molecule has 4 nitrogen and oxygen atoms in total. The van der Waals surface area contributed by atoms with E-state index in [1.54, 1.807) is 0 Å². The van der Waals surface area contributed by atoms with Crippen molar-refractivity contribution >= 4 is 0 Å². The van der Waals surface area contributed by atoms with Gasteiger partial charge in [0.15, 0.2) is 0 Å². The van der Waals surface area contributed by atoms with Crippen molar-refractivity contribution in [3.8, 4) is 0 Å². The van der Waals surface area contributed by atoms with Gasteiger partial charge in [0.05, 0.1) is 6.20 Å². The maximum Gasteiger partial charge on any atom is 0.0537 e. The highest BCUT2D eigenvalue weighted by Crippen LogP contribution is 2.29. The first-order valence-electron chi connectivity index (χ1n) is 7.59. The van der Waals surface area contributed by atoms with Gasteiger partial charge < -0.3 is 10.4 Å². The van der Waals surface area contributed by atoms with Crippen molar-refractivity contribution in [1.82, 2.24) is 15.5 Å². The Hall–Kier alpha value is -0.870. The van der Waals surface area contributed by atoms with Crippen LogP contribution in [0.1, 0.15) is 62.7 Å². The lowest BCUT2D eigenvalue weighted by molar-refractivity contribution is 0.198. The molecule has 0 radical (unpaired) electrons. The highest BCUT2D eigenvalue weighted by Gasteiger charge is 2.25. The quantitative estimate of drug-likeness (QED) is 0.741. The second kappa shape index (κ2) is 7.06. The molecule has 2 rings (SSSR count). The third-order valence-corrected chi connectivity index (χ3v) is 4.46. The molecule has 19 heavy (non-hydrogen) atoms. The predicted octanol–water partition coefficient (Wildman–Crippen LogP) is 2.70. The molecule has 0 saturated heterocycles. The molecule has 2 atom stereocenters. The molecule has 3 N–H and O–H groups in total. The molecular formula is C15H27N3O. The number of aromatic amines is 1. The van der Waals surface area contributed by atoms with Crippen LogP contribution in [-0.4, -0.2) is 28.0 Å². The Balaban J connectivity index is 1.97. The van der Waals surface area contributed by atoms with E-state index in [2.05, 4.69) is 29.4 Å². The van der Waals surface area contributed by atoms with Crippen LogP contribution in [0.2, 0.25) is 0 Å². The summed E-state index contributed by atoms with van der Waals surface area (Å²) in [5, 5.41) is 20.1. The lowest BCUT2D eigenvalue weighted by Crippen LogP contribution is -2.39. The van der Waals surface area contributed by atoms with Crippen LogP contribution >= 0.6 is 0 Å². The Morgan fingerprint density at radius 2 is 2.16 bits per heavy atom. The first kappa shape index (κ1) is 14.5. The van der Waals surface area contributed by atoms with Gasteiger partial charge >= 0.3 is 0 Å². The first-order valence-corrected chi connectivity index (χ1v) is 7.59. The van der Waals surface area contributed by atoms with Crippen LogP contribution in [-0.2, 0) is 0 Å². The minimum absolute atomic E-state index is 0.269. The summed E-state index contributed by atoms with van der Waals surface area (Å²) >= 11 is 0. The number of aliphatic hydroxyl groups is 1. The highest BCUT2D eigenvalue weighted by atomic mass is 16.3. The number of aryl methyl sites for hydroxylation is 1. The van der Waals surface area contributed by atoms with Gasteiger partial charge in [-0.3, -0.25) is 5.10 Å². The minimum Gasteiger partial charge on any atom is -0.396 e. The summed E-state index contributed by atoms with van der Waals surface area (Å²) in [6, 6.07) is 0.715. The Morgan fingerprint density at radius 1 is 1.42 bits per heavy atom. The zero-order chi connectivity index (χ0) is 13.7. The van der Waals surface area contributed by atoms with E-state index in [9.17, 15) is 5.11 Å². The summed E-state index contributed by atoms with van der Waals surface area (Å²) in [4.78, 5) is 0. The minimum atomic E-state index is 0.269. The smallest absolute Gasteiger partial charge is 0.0537 e. The fourth-order valence-corrected chi connectivity index (χ4v) is 3.34. The van der Waals surface area contributed by atoms with Gasteiger partial charge in [0.2, 0.25) is 0 Å². The van der Waals surface area contributed by atoms with Gasteiger partial charge in [0, 0.05) is 29.9 Å². The number of nitrogens with zero attached hydrogens (tertiary/aromatic N) is 1. The van der Waals surface area contributed by atoms with Crippen molar-refractivity contribution in [2.45, 2.75) is 64.5 Å². The summed E-state index contributed by atoms with van der Waals surface area (Å²) < 4.78 is 0. The summed E-state index contributed by atoms with van der Waals surface area (Å²) in [5.74, 6) is 0.718. The van der Waals surface area contributed by atoms with E-state index in [0.717, 1.165) is 18.0 Å². The Morgan fingerprint density at radius 3 is 2.74 bits per heavy atom. The van der Waals surface area contributed by atoms with Gasteiger partial charge in [-0.1, -0.05) is 19.3 Å². The molecule has 108 valence electrons. The fourth-order valence-electron chi connectivity index (χ4n) is 3.34. The molecule has 1 saturated carbocycles. The Bertz CT molecular complexity index is 371. The summed E-state index contributed by atoms with van der Waals surface area (Å²) in [6.45, 7) is 4.51. The highest BCUT2D eigenvalue weighted by molar-refractivity contribution is 5.18. The third-order valence-electron chi connectivity index (χ3n) is 4.46. The molecule has 0 bridgehead atoms. The largest absolute Gasteiger partial charge is 0.396 e. The van der Waals surface area contributed by atoms with E-state index < -0.39 is 0 Å². The number of aromatic nitrogens is 2. The summed E-state index contributed by atoms with van der Waals surface area (Å²) in [6.07, 6.45) is 9.42. The van der Waals surface area contributed by atoms with Crippen molar-refractivity contribution in [2.75, 3.05) is 6.61 Å². The van der Waals surface area contributed by atoms with Gasteiger partial charge in [-0.2, -0.15) is 5.10 Å². The first-order chi connectivity index (χ1) is 9.22. The van der Waals surface area contributed by atoms with Crippen LogP contribution in [0, 0.1) is 12.8 Å². The zero-order valence-corrected chi connectivity index (χ0v) is 12.2. The van der Waals surface area contributed by atoms with Gasteiger partial charge in [0.25, 0.3) is 0 Å². The molecule has 0 aliphatic heterocycles. The maximum atomic E-state index is 9.31. The molecule has 0 spiro atoms. The molecule has 1 fully saturated rings. The fraction of sp³-hybridized carbons (Fsp3) is 0.800. The van der Waals surface area contributed by atoms with E-state index in [-0.39, 0.29) is 12.6 Å². The van der Waals surface area contributed by atoms with Crippen LogP contribution in [0.4, 0.5) is 0 Å². The number of H-pyrrole nitrogens is 1. The molecule has 4 heteroatoms. The van der Waals surface area contributed by atoms with Crippen molar-refractivity contribution in [3.05, 3.63) is 17.5 Å². The van der Waals surface area contributed by atoms with Crippen LogP contribution in [0.25, 0.3) is 0 Å². The SMILES string of the molecule is Cc1[nH]ncc1C(C)NC(CCO)C1CCCCC1. The number of rotatable bonds is 6. The number of hydrogen-bond acceptors (Lipinski definition) is 3. The molecule has 1 aromatic rings. The van der Waals surface area contributed by atoms with Crippen molar-refractivity contribution in [2.24, 2.45) is 5.92 Å². The van der Waals surface area contributed by atoms with Crippen molar-refractivity contribution in [1.29, 1.82) is 0 Å². The monoisotopic (exact) mass is 265 g/mol. The van der Waals surface area contributed by atoms with E-state index in [1.807, 2.05) is 6.20 Å². The van der Waals surface area contributed by atoms with E-state index in [4.69, 9.17) is 0 Å². The average Bonchev–Trinajstić information content (AvgIpc) is 2.85. The van der Waals surface area contributed by atoms with Gasteiger partial charge in [0.1, 0.15) is 0 Å². The number of hydrogen-bond donors (Lipinski definition) is 3. The number of nitrogens with one attached hydrogen (secondary N) is 2. The molecule has 0 aromatic carbocycles. The van der Waals surface area contributed by atoms with Crippen LogP contribution in [0.3, 0.4) is 0 Å². The van der Waals surface area contributed by atoms with Gasteiger partial charge in [-0.25, -0.2) is 0 Å².